The van der Waals surface area contributed by atoms with Gasteiger partial charge in [0.05, 0.1) is 17.1 Å². The van der Waals surface area contributed by atoms with Crippen LogP contribution < -0.4 is 0 Å². The first-order chi connectivity index (χ1) is 9.07. The fourth-order valence-corrected chi connectivity index (χ4v) is 1.91. The number of hydrogen-bond acceptors (Lipinski definition) is 5. The van der Waals surface area contributed by atoms with Gasteiger partial charge in [0.15, 0.2) is 0 Å². The second-order valence-electron chi connectivity index (χ2n) is 3.64. The molecule has 0 aliphatic rings. The molecule has 0 fully saturated rings. The highest BCUT2D eigenvalue weighted by Gasteiger charge is 2.20. The molecule has 19 heavy (non-hydrogen) atoms. The van der Waals surface area contributed by atoms with E-state index >= 15 is 0 Å². The van der Waals surface area contributed by atoms with Crippen LogP contribution in [-0.2, 0) is 9.47 Å². The minimum absolute atomic E-state index is 0.119. The number of esters is 1. The molecule has 0 aliphatic carbocycles. The van der Waals surface area contributed by atoms with Crippen LogP contribution in [0.4, 0.5) is 5.69 Å². The van der Waals surface area contributed by atoms with E-state index < -0.39 is 10.9 Å². The van der Waals surface area contributed by atoms with Crippen LogP contribution in [0.15, 0.2) is 22.7 Å². The Hall–Kier alpha value is -1.47. The summed E-state index contributed by atoms with van der Waals surface area (Å²) in [4.78, 5) is 21.9. The summed E-state index contributed by atoms with van der Waals surface area (Å²) in [5, 5.41) is 10.7. The Morgan fingerprint density at radius 1 is 1.37 bits per heavy atom. The highest BCUT2D eigenvalue weighted by atomic mass is 79.9. The van der Waals surface area contributed by atoms with E-state index in [1.54, 1.807) is 0 Å². The van der Waals surface area contributed by atoms with Crippen LogP contribution in [0.1, 0.15) is 23.7 Å². The van der Waals surface area contributed by atoms with Gasteiger partial charge >= 0.3 is 5.97 Å². The summed E-state index contributed by atoms with van der Waals surface area (Å²) >= 11 is 3.04. The van der Waals surface area contributed by atoms with Gasteiger partial charge in [0, 0.05) is 12.7 Å². The van der Waals surface area contributed by atoms with Crippen LogP contribution in [0, 0.1) is 10.1 Å². The molecular formula is C12H14BrNO5. The Morgan fingerprint density at radius 3 is 2.74 bits per heavy atom. The molecule has 1 aromatic rings. The molecule has 0 saturated heterocycles. The Morgan fingerprint density at radius 2 is 2.11 bits per heavy atom. The molecular weight excluding hydrogens is 318 g/mol. The number of nitro groups is 1. The Kier molecular flexibility index (Phi) is 6.44. The van der Waals surface area contributed by atoms with E-state index in [1.807, 2.05) is 6.92 Å². The molecule has 0 saturated carbocycles. The summed E-state index contributed by atoms with van der Waals surface area (Å²) in [7, 11) is 0. The maximum atomic E-state index is 11.7. The van der Waals surface area contributed by atoms with Crippen molar-refractivity contribution in [3.8, 4) is 0 Å². The predicted octanol–water partition coefficient (Wildman–Crippen LogP) is 2.94. The minimum atomic E-state index is -0.615. The lowest BCUT2D eigenvalue weighted by molar-refractivity contribution is -0.385. The standard InChI is InChI=1S/C12H14BrNO5/c1-2-6-18-7-8-19-12(15)9-4-3-5-10(11(9)13)14(16)17/h3-5H,2,6-8H2,1H3. The van der Waals surface area contributed by atoms with Gasteiger partial charge in [-0.15, -0.1) is 0 Å². The Balaban J connectivity index is 2.62. The number of carbonyl (C=O) groups is 1. The fraction of sp³-hybridized carbons (Fsp3) is 0.417. The molecule has 0 heterocycles. The number of rotatable bonds is 7. The number of halogens is 1. The largest absolute Gasteiger partial charge is 0.460 e. The van der Waals surface area contributed by atoms with Gasteiger partial charge in [-0.2, -0.15) is 0 Å². The van der Waals surface area contributed by atoms with Crippen molar-refractivity contribution in [2.45, 2.75) is 13.3 Å². The maximum absolute atomic E-state index is 11.7. The third-order valence-electron chi connectivity index (χ3n) is 2.20. The van der Waals surface area contributed by atoms with Crippen molar-refractivity contribution in [1.82, 2.24) is 0 Å². The quantitative estimate of drug-likeness (QED) is 0.332. The maximum Gasteiger partial charge on any atom is 0.339 e. The number of ether oxygens (including phenoxy) is 2. The SMILES string of the molecule is CCCOCCOC(=O)c1cccc([N+](=O)[O-])c1Br. The summed E-state index contributed by atoms with van der Waals surface area (Å²) in [5.74, 6) is -0.615. The van der Waals surface area contributed by atoms with Gasteiger partial charge in [-0.05, 0) is 28.4 Å². The normalized spacial score (nSPS) is 10.2. The zero-order valence-electron chi connectivity index (χ0n) is 10.4. The summed E-state index contributed by atoms with van der Waals surface area (Å²) in [5.41, 5.74) is -0.0404. The zero-order chi connectivity index (χ0) is 14.3. The number of nitrogens with zero attached hydrogens (tertiary/aromatic N) is 1. The van der Waals surface area contributed by atoms with Crippen molar-refractivity contribution in [3.63, 3.8) is 0 Å². The average molecular weight is 332 g/mol. The summed E-state index contributed by atoms with van der Waals surface area (Å²) < 4.78 is 10.3. The van der Waals surface area contributed by atoms with Crippen molar-refractivity contribution in [3.05, 3.63) is 38.3 Å². The van der Waals surface area contributed by atoms with Gasteiger partial charge in [0.25, 0.3) is 5.69 Å². The molecule has 1 rings (SSSR count). The van der Waals surface area contributed by atoms with Gasteiger partial charge in [-0.25, -0.2) is 4.79 Å². The fourth-order valence-electron chi connectivity index (χ4n) is 1.34. The molecule has 0 aromatic heterocycles. The van der Waals surface area contributed by atoms with Gasteiger partial charge in [-0.1, -0.05) is 13.0 Å². The van der Waals surface area contributed by atoms with Gasteiger partial charge in [0.2, 0.25) is 0 Å². The first kappa shape index (κ1) is 15.6. The first-order valence-electron chi connectivity index (χ1n) is 5.75. The van der Waals surface area contributed by atoms with Crippen LogP contribution in [0.25, 0.3) is 0 Å². The van der Waals surface area contributed by atoms with Crippen molar-refractivity contribution >= 4 is 27.6 Å². The molecule has 0 aliphatic heterocycles. The second kappa shape index (κ2) is 7.85. The number of carbonyl (C=O) groups excluding carboxylic acids is 1. The molecule has 0 radical (unpaired) electrons. The van der Waals surface area contributed by atoms with Crippen molar-refractivity contribution in [2.75, 3.05) is 19.8 Å². The van der Waals surface area contributed by atoms with Gasteiger partial charge < -0.3 is 9.47 Å². The topological polar surface area (TPSA) is 78.7 Å². The second-order valence-corrected chi connectivity index (χ2v) is 4.44. The van der Waals surface area contributed by atoms with Crippen molar-refractivity contribution < 1.29 is 19.2 Å². The molecule has 1 aromatic carbocycles. The van der Waals surface area contributed by atoms with Crippen LogP contribution in [0.5, 0.6) is 0 Å². The van der Waals surface area contributed by atoms with Crippen molar-refractivity contribution in [1.29, 1.82) is 0 Å². The summed E-state index contributed by atoms with van der Waals surface area (Å²) in [6.45, 7) is 3.02. The molecule has 0 N–H and O–H groups in total. The smallest absolute Gasteiger partial charge is 0.339 e. The zero-order valence-corrected chi connectivity index (χ0v) is 12.0. The van der Waals surface area contributed by atoms with Crippen LogP contribution in [0.2, 0.25) is 0 Å². The molecule has 104 valence electrons. The summed E-state index contributed by atoms with van der Waals surface area (Å²) in [6, 6.07) is 4.21. The van der Waals surface area contributed by atoms with E-state index in [0.29, 0.717) is 13.2 Å². The molecule has 0 unspecified atom stereocenters. The lowest BCUT2D eigenvalue weighted by atomic mass is 10.2. The third kappa shape index (κ3) is 4.60. The van der Waals surface area contributed by atoms with Crippen LogP contribution in [-0.4, -0.2) is 30.7 Å². The highest BCUT2D eigenvalue weighted by molar-refractivity contribution is 9.10. The first-order valence-corrected chi connectivity index (χ1v) is 6.55. The molecule has 6 nitrogen and oxygen atoms in total. The van der Waals surface area contributed by atoms with E-state index in [4.69, 9.17) is 9.47 Å². The average Bonchev–Trinajstić information content (AvgIpc) is 2.38. The monoisotopic (exact) mass is 331 g/mol. The van der Waals surface area contributed by atoms with Crippen molar-refractivity contribution in [2.24, 2.45) is 0 Å². The Labute approximate surface area is 119 Å². The van der Waals surface area contributed by atoms with Gasteiger partial charge in [-0.3, -0.25) is 10.1 Å². The minimum Gasteiger partial charge on any atom is -0.460 e. The van der Waals surface area contributed by atoms with E-state index in [9.17, 15) is 14.9 Å². The molecule has 0 atom stereocenters. The predicted molar refractivity (Wildman–Crippen MR) is 72.2 cm³/mol. The van der Waals surface area contributed by atoms with Crippen LogP contribution >= 0.6 is 15.9 Å². The Bertz CT molecular complexity index is 463. The number of hydrogen-bond donors (Lipinski definition) is 0. The van der Waals surface area contributed by atoms with E-state index in [1.165, 1.54) is 18.2 Å². The summed E-state index contributed by atoms with van der Waals surface area (Å²) in [6.07, 6.45) is 0.893. The molecule has 0 spiro atoms. The highest BCUT2D eigenvalue weighted by Crippen LogP contribution is 2.28. The molecule has 0 bridgehead atoms. The van der Waals surface area contributed by atoms with Crippen LogP contribution in [0.3, 0.4) is 0 Å². The van der Waals surface area contributed by atoms with Gasteiger partial charge in [0.1, 0.15) is 11.1 Å². The van der Waals surface area contributed by atoms with E-state index in [-0.39, 0.29) is 22.3 Å². The lowest BCUT2D eigenvalue weighted by Gasteiger charge is -2.07. The molecule has 0 amide bonds. The lowest BCUT2D eigenvalue weighted by Crippen LogP contribution is -2.12. The number of benzene rings is 1. The molecule has 7 heteroatoms. The number of nitro benzene ring substituents is 1. The van der Waals surface area contributed by atoms with E-state index in [2.05, 4.69) is 15.9 Å². The third-order valence-corrected chi connectivity index (χ3v) is 3.04. The van der Waals surface area contributed by atoms with E-state index in [0.717, 1.165) is 6.42 Å².